The summed E-state index contributed by atoms with van der Waals surface area (Å²) in [5, 5.41) is 14.2. The van der Waals surface area contributed by atoms with Crippen molar-refractivity contribution in [1.82, 2.24) is 25.4 Å². The highest BCUT2D eigenvalue weighted by atomic mass is 16.6. The quantitative estimate of drug-likeness (QED) is 0.445. The molecule has 3 rings (SSSR count). The average Bonchev–Trinajstić information content (AvgIpc) is 2.67. The van der Waals surface area contributed by atoms with Crippen LogP contribution >= 0.6 is 0 Å². The maximum Gasteiger partial charge on any atom is 0.355 e. The average molecular weight is 352 g/mol. The van der Waals surface area contributed by atoms with Gasteiger partial charge in [0, 0.05) is 24.2 Å². The lowest BCUT2D eigenvalue weighted by molar-refractivity contribution is -0.383. The molecule has 3 heterocycles. The molecule has 0 aliphatic carbocycles. The molecule has 0 saturated heterocycles. The zero-order valence-corrected chi connectivity index (χ0v) is 13.2. The summed E-state index contributed by atoms with van der Waals surface area (Å²) < 4.78 is 0. The second kappa shape index (κ2) is 7.61. The lowest BCUT2D eigenvalue weighted by Gasteiger charge is -2.10. The highest BCUT2D eigenvalue weighted by Crippen LogP contribution is 2.30. The smallest absolute Gasteiger partial charge is 0.319 e. The predicted molar refractivity (Wildman–Crippen MR) is 91.5 cm³/mol. The van der Waals surface area contributed by atoms with E-state index in [0.717, 1.165) is 6.33 Å². The van der Waals surface area contributed by atoms with E-state index in [1.165, 1.54) is 30.7 Å². The number of hydrogen-bond donors (Lipinski definition) is 3. The lowest BCUT2D eigenvalue weighted by Crippen LogP contribution is -2.30. The van der Waals surface area contributed by atoms with Gasteiger partial charge in [0.05, 0.1) is 4.92 Å². The fraction of sp³-hybridized carbons (Fsp3) is 0. The van der Waals surface area contributed by atoms with Gasteiger partial charge in [-0.05, 0) is 24.3 Å². The van der Waals surface area contributed by atoms with Crippen LogP contribution in [-0.4, -0.2) is 30.8 Å². The van der Waals surface area contributed by atoms with E-state index in [2.05, 4.69) is 36.1 Å². The second-order valence-electron chi connectivity index (χ2n) is 4.83. The first-order valence-electron chi connectivity index (χ1n) is 7.29. The number of hydrogen-bond acceptors (Lipinski definition) is 9. The summed E-state index contributed by atoms with van der Waals surface area (Å²) in [5.41, 5.74) is 4.69. The SMILES string of the molecule is O=C(NNc1ncnc(Nc2ccccn2)c1[N+](=O)[O-])c1ccncc1. The van der Waals surface area contributed by atoms with Crippen LogP contribution < -0.4 is 16.2 Å². The minimum absolute atomic E-state index is 0.0654. The molecule has 0 unspecified atom stereocenters. The summed E-state index contributed by atoms with van der Waals surface area (Å²) in [5.74, 6) is -0.365. The first-order valence-corrected chi connectivity index (χ1v) is 7.29. The highest BCUT2D eigenvalue weighted by Gasteiger charge is 2.24. The summed E-state index contributed by atoms with van der Waals surface area (Å²) in [4.78, 5) is 38.4. The van der Waals surface area contributed by atoms with E-state index in [9.17, 15) is 14.9 Å². The second-order valence-corrected chi connectivity index (χ2v) is 4.83. The van der Waals surface area contributed by atoms with E-state index >= 15 is 0 Å². The van der Waals surface area contributed by atoms with Gasteiger partial charge in [-0.2, -0.15) is 0 Å². The molecule has 11 nitrogen and oxygen atoms in total. The molecule has 130 valence electrons. The molecule has 0 atom stereocenters. The standard InChI is InChI=1S/C15H12N8O3/c24-15(10-4-7-16-8-5-10)22-21-14-12(23(25)26)13(18-9-19-14)20-11-3-1-2-6-17-11/h1-9H,(H,22,24)(H2,17,18,19,20,21). The molecular formula is C15H12N8O3. The molecule has 3 N–H and O–H groups in total. The van der Waals surface area contributed by atoms with Gasteiger partial charge in [-0.25, -0.2) is 15.0 Å². The Labute approximate surface area is 146 Å². The number of carbonyl (C=O) groups excluding carboxylic acids is 1. The normalized spacial score (nSPS) is 10.0. The third-order valence-electron chi connectivity index (χ3n) is 3.15. The van der Waals surface area contributed by atoms with Crippen LogP contribution in [-0.2, 0) is 0 Å². The van der Waals surface area contributed by atoms with E-state index in [1.54, 1.807) is 18.2 Å². The van der Waals surface area contributed by atoms with Gasteiger partial charge in [0.2, 0.25) is 11.6 Å². The molecule has 0 fully saturated rings. The summed E-state index contributed by atoms with van der Waals surface area (Å²) in [6.07, 6.45) is 5.57. The number of nitrogens with zero attached hydrogens (tertiary/aromatic N) is 5. The van der Waals surface area contributed by atoms with Gasteiger partial charge in [-0.3, -0.25) is 30.7 Å². The van der Waals surface area contributed by atoms with E-state index in [1.807, 2.05) is 0 Å². The molecule has 3 aromatic rings. The van der Waals surface area contributed by atoms with Crippen molar-refractivity contribution in [1.29, 1.82) is 0 Å². The molecule has 1 amide bonds. The van der Waals surface area contributed by atoms with Crippen molar-refractivity contribution in [3.63, 3.8) is 0 Å². The summed E-state index contributed by atoms with van der Waals surface area (Å²) in [6, 6.07) is 8.06. The fourth-order valence-corrected chi connectivity index (χ4v) is 1.98. The number of amides is 1. The third-order valence-corrected chi connectivity index (χ3v) is 3.15. The number of nitro groups is 1. The monoisotopic (exact) mass is 352 g/mol. The Morgan fingerprint density at radius 3 is 2.46 bits per heavy atom. The minimum Gasteiger partial charge on any atom is -0.319 e. The van der Waals surface area contributed by atoms with Crippen molar-refractivity contribution >= 4 is 29.0 Å². The van der Waals surface area contributed by atoms with Crippen LogP contribution in [0.2, 0.25) is 0 Å². The molecule has 0 saturated carbocycles. The van der Waals surface area contributed by atoms with Crippen molar-refractivity contribution in [3.8, 4) is 0 Å². The van der Waals surface area contributed by atoms with Crippen molar-refractivity contribution < 1.29 is 9.72 Å². The number of rotatable bonds is 6. The number of nitrogens with one attached hydrogen (secondary N) is 3. The predicted octanol–water partition coefficient (Wildman–Crippen LogP) is 1.68. The van der Waals surface area contributed by atoms with Gasteiger partial charge in [0.1, 0.15) is 12.1 Å². The van der Waals surface area contributed by atoms with Gasteiger partial charge < -0.3 is 5.32 Å². The van der Waals surface area contributed by atoms with E-state index < -0.39 is 16.5 Å². The highest BCUT2D eigenvalue weighted by molar-refractivity contribution is 5.94. The molecule has 0 spiro atoms. The topological polar surface area (TPSA) is 148 Å². The Bertz CT molecular complexity index is 921. The van der Waals surface area contributed by atoms with E-state index in [-0.39, 0.29) is 11.6 Å². The number of hydrazine groups is 1. The Balaban J connectivity index is 1.82. The zero-order valence-electron chi connectivity index (χ0n) is 13.2. The molecule has 0 aliphatic rings. The number of pyridine rings is 2. The first kappa shape index (κ1) is 16.7. The molecule has 0 radical (unpaired) electrons. The van der Waals surface area contributed by atoms with Crippen LogP contribution in [0.3, 0.4) is 0 Å². The zero-order chi connectivity index (χ0) is 18.4. The van der Waals surface area contributed by atoms with Crippen LogP contribution in [0.15, 0.2) is 55.2 Å². The van der Waals surface area contributed by atoms with Crippen molar-refractivity contribution in [2.75, 3.05) is 10.7 Å². The van der Waals surface area contributed by atoms with Crippen LogP contribution in [0.5, 0.6) is 0 Å². The maximum atomic E-state index is 12.0. The molecule has 26 heavy (non-hydrogen) atoms. The number of aromatic nitrogens is 4. The van der Waals surface area contributed by atoms with Crippen LogP contribution in [0.25, 0.3) is 0 Å². The molecule has 0 aromatic carbocycles. The molecule has 0 aliphatic heterocycles. The number of anilines is 3. The Hall–Kier alpha value is -4.15. The van der Waals surface area contributed by atoms with Gasteiger partial charge in [0.25, 0.3) is 5.91 Å². The van der Waals surface area contributed by atoms with Crippen molar-refractivity contribution in [3.05, 3.63) is 70.9 Å². The van der Waals surface area contributed by atoms with Gasteiger partial charge in [0.15, 0.2) is 0 Å². The number of carbonyl (C=O) groups is 1. The molecular weight excluding hydrogens is 340 g/mol. The van der Waals surface area contributed by atoms with Gasteiger partial charge >= 0.3 is 5.69 Å². The fourth-order valence-electron chi connectivity index (χ4n) is 1.98. The first-order chi connectivity index (χ1) is 12.6. The van der Waals surface area contributed by atoms with Crippen molar-refractivity contribution in [2.24, 2.45) is 0 Å². The molecule has 3 aromatic heterocycles. The van der Waals surface area contributed by atoms with E-state index in [4.69, 9.17) is 0 Å². The minimum atomic E-state index is -0.661. The van der Waals surface area contributed by atoms with Crippen LogP contribution in [0.1, 0.15) is 10.4 Å². The van der Waals surface area contributed by atoms with Crippen molar-refractivity contribution in [2.45, 2.75) is 0 Å². The summed E-state index contributed by atoms with van der Waals surface area (Å²) in [7, 11) is 0. The van der Waals surface area contributed by atoms with Crippen LogP contribution in [0, 0.1) is 10.1 Å². The lowest BCUT2D eigenvalue weighted by atomic mass is 10.3. The Morgan fingerprint density at radius 1 is 1.00 bits per heavy atom. The maximum absolute atomic E-state index is 12.0. The molecule has 0 bridgehead atoms. The summed E-state index contributed by atoms with van der Waals surface area (Å²) >= 11 is 0. The van der Waals surface area contributed by atoms with Gasteiger partial charge in [-0.1, -0.05) is 6.07 Å². The Morgan fingerprint density at radius 2 is 1.77 bits per heavy atom. The summed E-state index contributed by atoms with van der Waals surface area (Å²) in [6.45, 7) is 0. The third kappa shape index (κ3) is 3.84. The van der Waals surface area contributed by atoms with Crippen LogP contribution in [0.4, 0.5) is 23.1 Å². The molecule has 11 heteroatoms. The van der Waals surface area contributed by atoms with E-state index in [0.29, 0.717) is 11.4 Å². The van der Waals surface area contributed by atoms with Gasteiger partial charge in [-0.15, -0.1) is 0 Å². The largest absolute Gasteiger partial charge is 0.355 e. The Kier molecular flexibility index (Phi) is 4.89.